The molecule has 0 bridgehead atoms. The lowest BCUT2D eigenvalue weighted by atomic mass is 9.88. The lowest BCUT2D eigenvalue weighted by Gasteiger charge is -2.24. The van der Waals surface area contributed by atoms with E-state index in [1.54, 1.807) is 29.9 Å². The molecule has 1 heterocycles. The van der Waals surface area contributed by atoms with E-state index in [9.17, 15) is 4.79 Å². The van der Waals surface area contributed by atoms with Crippen molar-refractivity contribution in [2.24, 2.45) is 12.5 Å². The molecule has 0 aromatic carbocycles. The predicted octanol–water partition coefficient (Wildman–Crippen LogP) is 2.13. The fourth-order valence-corrected chi connectivity index (χ4v) is 1.52. The van der Waals surface area contributed by atoms with Gasteiger partial charge in [0.2, 0.25) is 5.56 Å². The molecule has 0 fully saturated rings. The quantitative estimate of drug-likeness (QED) is 0.847. The lowest BCUT2D eigenvalue weighted by molar-refractivity contribution is 0.363. The fraction of sp³-hybridized carbons (Fsp3) is 0.538. The first-order valence-electron chi connectivity index (χ1n) is 5.72. The summed E-state index contributed by atoms with van der Waals surface area (Å²) in [5.41, 5.74) is 0.987. The summed E-state index contributed by atoms with van der Waals surface area (Å²) in [4.78, 5) is 11.2. The minimum atomic E-state index is -0.0145. The Hall–Kier alpha value is -1.76. The van der Waals surface area contributed by atoms with Gasteiger partial charge in [0.05, 0.1) is 11.8 Å². The van der Waals surface area contributed by atoms with E-state index in [2.05, 4.69) is 25.2 Å². The molecule has 1 N–H and O–H groups in total. The maximum atomic E-state index is 11.2. The van der Waals surface area contributed by atoms with Crippen molar-refractivity contribution in [1.29, 1.82) is 5.26 Å². The van der Waals surface area contributed by atoms with E-state index in [0.717, 1.165) is 18.7 Å². The summed E-state index contributed by atoms with van der Waals surface area (Å²) < 4.78 is 1.55. The third kappa shape index (κ3) is 4.31. The van der Waals surface area contributed by atoms with Gasteiger partial charge in [0.15, 0.2) is 0 Å². The molecule has 4 nitrogen and oxygen atoms in total. The van der Waals surface area contributed by atoms with E-state index >= 15 is 0 Å². The fourth-order valence-electron chi connectivity index (χ4n) is 1.52. The Morgan fingerprint density at radius 3 is 2.76 bits per heavy atom. The molecular formula is C13H19N3O. The molecule has 0 aliphatic rings. The van der Waals surface area contributed by atoms with Crippen LogP contribution in [0.4, 0.5) is 5.69 Å². The van der Waals surface area contributed by atoms with Crippen LogP contribution in [0, 0.1) is 16.7 Å². The standard InChI is InChI=1S/C13H19N3O/c1-13(2,7-4-8-14)10-15-11-5-6-12(17)16(3)9-11/h5-6,9,15H,4,7,10H2,1-3H3. The van der Waals surface area contributed by atoms with Crippen LogP contribution < -0.4 is 10.9 Å². The summed E-state index contributed by atoms with van der Waals surface area (Å²) in [6.45, 7) is 5.03. The topological polar surface area (TPSA) is 57.8 Å². The maximum absolute atomic E-state index is 11.2. The molecule has 0 aliphatic heterocycles. The van der Waals surface area contributed by atoms with E-state index in [0.29, 0.717) is 6.42 Å². The second-order valence-corrected chi connectivity index (χ2v) is 5.04. The average molecular weight is 233 g/mol. The van der Waals surface area contributed by atoms with Gasteiger partial charge in [0.1, 0.15) is 0 Å². The highest BCUT2D eigenvalue weighted by Gasteiger charge is 2.16. The molecule has 0 saturated carbocycles. The molecule has 17 heavy (non-hydrogen) atoms. The molecule has 1 aromatic rings. The third-order valence-corrected chi connectivity index (χ3v) is 2.77. The number of nitrogens with one attached hydrogen (secondary N) is 1. The van der Waals surface area contributed by atoms with Crippen molar-refractivity contribution in [2.75, 3.05) is 11.9 Å². The molecule has 0 amide bonds. The number of hydrogen-bond acceptors (Lipinski definition) is 3. The summed E-state index contributed by atoms with van der Waals surface area (Å²) in [5.74, 6) is 0. The Bertz CT molecular complexity index is 468. The molecule has 0 unspecified atom stereocenters. The van der Waals surface area contributed by atoms with Crippen molar-refractivity contribution in [1.82, 2.24) is 4.57 Å². The first kappa shape index (κ1) is 13.3. The Labute approximate surface area is 102 Å². The predicted molar refractivity (Wildman–Crippen MR) is 68.8 cm³/mol. The van der Waals surface area contributed by atoms with Crippen LogP contribution in [-0.4, -0.2) is 11.1 Å². The van der Waals surface area contributed by atoms with E-state index in [4.69, 9.17) is 5.26 Å². The molecule has 0 radical (unpaired) electrons. The van der Waals surface area contributed by atoms with Gasteiger partial charge < -0.3 is 9.88 Å². The molecule has 92 valence electrons. The van der Waals surface area contributed by atoms with Crippen LogP contribution in [0.15, 0.2) is 23.1 Å². The lowest BCUT2D eigenvalue weighted by Crippen LogP contribution is -2.24. The molecule has 1 rings (SSSR count). The number of aryl methyl sites for hydroxylation is 1. The molecular weight excluding hydrogens is 214 g/mol. The van der Waals surface area contributed by atoms with Crippen molar-refractivity contribution in [3.8, 4) is 6.07 Å². The largest absolute Gasteiger partial charge is 0.383 e. The average Bonchev–Trinajstić information content (AvgIpc) is 2.28. The summed E-state index contributed by atoms with van der Waals surface area (Å²) in [6, 6.07) is 5.49. The smallest absolute Gasteiger partial charge is 0.250 e. The zero-order valence-corrected chi connectivity index (χ0v) is 10.7. The minimum absolute atomic E-state index is 0.0145. The Morgan fingerprint density at radius 1 is 1.47 bits per heavy atom. The number of anilines is 1. The van der Waals surface area contributed by atoms with Crippen molar-refractivity contribution >= 4 is 5.69 Å². The molecule has 0 aliphatic carbocycles. The van der Waals surface area contributed by atoms with Crippen LogP contribution in [0.1, 0.15) is 26.7 Å². The summed E-state index contributed by atoms with van der Waals surface area (Å²) >= 11 is 0. The van der Waals surface area contributed by atoms with E-state index in [1.165, 1.54) is 0 Å². The van der Waals surface area contributed by atoms with Gasteiger partial charge in [-0.2, -0.15) is 5.26 Å². The van der Waals surface area contributed by atoms with E-state index in [-0.39, 0.29) is 11.0 Å². The van der Waals surface area contributed by atoms with Gasteiger partial charge in [-0.1, -0.05) is 13.8 Å². The van der Waals surface area contributed by atoms with Crippen LogP contribution in [-0.2, 0) is 7.05 Å². The number of aromatic nitrogens is 1. The van der Waals surface area contributed by atoms with Crippen LogP contribution in [0.25, 0.3) is 0 Å². The summed E-state index contributed by atoms with van der Waals surface area (Å²) in [7, 11) is 1.73. The zero-order valence-electron chi connectivity index (χ0n) is 10.7. The first-order chi connectivity index (χ1) is 7.94. The normalized spacial score (nSPS) is 10.9. The van der Waals surface area contributed by atoms with Crippen LogP contribution >= 0.6 is 0 Å². The minimum Gasteiger partial charge on any atom is -0.383 e. The van der Waals surface area contributed by atoms with E-state index in [1.807, 2.05) is 0 Å². The van der Waals surface area contributed by atoms with E-state index < -0.39 is 0 Å². The molecule has 0 atom stereocenters. The first-order valence-corrected chi connectivity index (χ1v) is 5.72. The second-order valence-electron chi connectivity index (χ2n) is 5.04. The monoisotopic (exact) mass is 233 g/mol. The molecule has 0 spiro atoms. The third-order valence-electron chi connectivity index (χ3n) is 2.77. The van der Waals surface area contributed by atoms with Gasteiger partial charge in [-0.15, -0.1) is 0 Å². The van der Waals surface area contributed by atoms with Gasteiger partial charge in [-0.3, -0.25) is 4.79 Å². The summed E-state index contributed by atoms with van der Waals surface area (Å²) in [5, 5.41) is 11.9. The van der Waals surface area contributed by atoms with Gasteiger partial charge in [-0.05, 0) is 17.9 Å². The maximum Gasteiger partial charge on any atom is 0.250 e. The molecule has 4 heteroatoms. The van der Waals surface area contributed by atoms with Crippen molar-refractivity contribution in [3.63, 3.8) is 0 Å². The Morgan fingerprint density at radius 2 is 2.18 bits per heavy atom. The van der Waals surface area contributed by atoms with Gasteiger partial charge in [0.25, 0.3) is 0 Å². The second kappa shape index (κ2) is 5.53. The van der Waals surface area contributed by atoms with Crippen molar-refractivity contribution in [2.45, 2.75) is 26.7 Å². The molecule has 0 saturated heterocycles. The van der Waals surface area contributed by atoms with Crippen molar-refractivity contribution < 1.29 is 0 Å². The number of pyridine rings is 1. The van der Waals surface area contributed by atoms with Gasteiger partial charge >= 0.3 is 0 Å². The number of nitriles is 1. The van der Waals surface area contributed by atoms with Crippen LogP contribution in [0.3, 0.4) is 0 Å². The Kier molecular flexibility index (Phi) is 4.33. The van der Waals surface area contributed by atoms with Crippen LogP contribution in [0.2, 0.25) is 0 Å². The van der Waals surface area contributed by atoms with Crippen LogP contribution in [0.5, 0.6) is 0 Å². The molecule has 1 aromatic heterocycles. The highest BCUT2D eigenvalue weighted by molar-refractivity contribution is 5.40. The highest BCUT2D eigenvalue weighted by Crippen LogP contribution is 2.22. The highest BCUT2D eigenvalue weighted by atomic mass is 16.1. The number of nitrogens with zero attached hydrogens (tertiary/aromatic N) is 2. The Balaban J connectivity index is 2.58. The number of rotatable bonds is 5. The van der Waals surface area contributed by atoms with Crippen molar-refractivity contribution in [3.05, 3.63) is 28.7 Å². The van der Waals surface area contributed by atoms with Gasteiger partial charge in [-0.25, -0.2) is 0 Å². The SMILES string of the molecule is Cn1cc(NCC(C)(C)CCC#N)ccc1=O. The van der Waals surface area contributed by atoms with Gasteiger partial charge in [0, 0.05) is 32.3 Å². The summed E-state index contributed by atoms with van der Waals surface area (Å²) in [6.07, 6.45) is 3.22. The number of hydrogen-bond donors (Lipinski definition) is 1. The zero-order chi connectivity index (χ0) is 12.9.